The Hall–Kier alpha value is -8.73. The van der Waals surface area contributed by atoms with E-state index in [1.54, 1.807) is 0 Å². The summed E-state index contributed by atoms with van der Waals surface area (Å²) >= 11 is 0. The lowest BCUT2D eigenvalue weighted by molar-refractivity contribution is 0.101. The molecule has 47 heteroatoms. The molecular weight excluding hydrogens is 1490 g/mol. The molecule has 8 aromatic rings. The van der Waals surface area contributed by atoms with Crippen molar-refractivity contribution in [2.24, 2.45) is 0 Å². The Balaban J connectivity index is 1.02. The molecule has 0 aliphatic rings. The van der Waals surface area contributed by atoms with Crippen LogP contribution in [0, 0.1) is 13.8 Å². The Bertz CT molecular complexity index is 5640. The van der Waals surface area contributed by atoms with E-state index in [0.29, 0.717) is 60.7 Å². The van der Waals surface area contributed by atoms with E-state index in [-0.39, 0.29) is 23.3 Å². The van der Waals surface area contributed by atoms with Crippen molar-refractivity contribution in [1.82, 2.24) is 0 Å². The largest absolute Gasteiger partial charge is 0.323 e. The van der Waals surface area contributed by atoms with Crippen LogP contribution in [0.15, 0.2) is 170 Å². The zero-order chi connectivity index (χ0) is 72.0. The van der Waals surface area contributed by atoms with Gasteiger partial charge in [-0.25, -0.2) is 21.6 Å². The molecule has 0 unspecified atom stereocenters. The monoisotopic (exact) mass is 1530 g/mol. The number of hydrogen-bond donors (Lipinski definition) is 14. The molecule has 0 spiro atoms. The van der Waals surface area contributed by atoms with E-state index in [1.807, 2.05) is 9.44 Å². The molecule has 0 saturated carbocycles. The van der Waals surface area contributed by atoms with Crippen molar-refractivity contribution < 1.29 is 135 Å². The Morgan fingerprint density at radius 3 is 0.833 bits per heavy atom. The third-order valence-electron chi connectivity index (χ3n) is 13.2. The van der Waals surface area contributed by atoms with Crippen LogP contribution >= 0.6 is 0 Å². The highest BCUT2D eigenvalue weighted by atomic mass is 32.3. The molecule has 8 aromatic carbocycles. The number of aryl methyl sites for hydroxylation is 2. The summed E-state index contributed by atoms with van der Waals surface area (Å²) in [5.41, 5.74) is -6.26. The van der Waals surface area contributed by atoms with E-state index in [4.69, 9.17) is 0 Å². The minimum absolute atomic E-state index is 0.174. The number of carbonyl (C=O) groups excluding carboxylic acids is 3. The highest BCUT2D eigenvalue weighted by molar-refractivity contribution is 7.93. The van der Waals surface area contributed by atoms with Gasteiger partial charge >= 0.3 is 6.03 Å². The Kier molecular flexibility index (Phi) is 19.1. The Morgan fingerprint density at radius 1 is 0.292 bits per heavy atom. The molecule has 37 nitrogen and oxygen atoms in total. The number of hydrogen-bond acceptors (Lipinski definition) is 23. The van der Waals surface area contributed by atoms with Crippen molar-refractivity contribution in [1.29, 1.82) is 0 Å². The lowest BCUT2D eigenvalue weighted by Gasteiger charge is -2.17. The average molecular weight is 1530 g/mol. The maximum absolute atomic E-state index is 14.0. The molecule has 0 aliphatic carbocycles. The summed E-state index contributed by atoms with van der Waals surface area (Å²) in [5.74, 6) is -2.83. The Morgan fingerprint density at radius 2 is 0.552 bits per heavy atom. The predicted octanol–water partition coefficient (Wildman–Crippen LogP) is 4.33. The van der Waals surface area contributed by atoms with E-state index in [9.17, 15) is 135 Å². The van der Waals surface area contributed by atoms with E-state index in [2.05, 4.69) is 21.3 Å². The zero-order valence-corrected chi connectivity index (χ0v) is 55.3. The first-order valence-electron chi connectivity index (χ1n) is 24.9. The van der Waals surface area contributed by atoms with Crippen LogP contribution in [0.3, 0.4) is 0 Å². The smallest absolute Gasteiger partial charge is 0.322 e. The van der Waals surface area contributed by atoms with Crippen LogP contribution in [-0.4, -0.2) is 138 Å². The number of urea groups is 1. The second-order valence-electron chi connectivity index (χ2n) is 19.9. The highest BCUT2D eigenvalue weighted by Crippen LogP contribution is 2.40. The standard InChI is InChI=1S/C49H40N6O31S10/c1-23-3-5-27(15-39(23)87(59,60)54-37-19-31(89(63,64)65)11-25-13-33(91(69,70)71)21-43(45(25)37)95(81,82)83)50-47(56)35-9-7-29(17-41(35)93(75,76)77)52-49(58)53-30-8-10-36(42(18-30)94(78,79)80)48(57)51-28-6-4-24(2)40(16-28)88(61,62)55-38-20-32(90(66,67)68)12-26-14-34(92(72,73)74)22-44(46(26)38)96(84,85)86/h3-22,54-55H,1-2H3,(H,50,56)(H,51,57)(H2,52,53,58)(H,63,64,65)(H,66,67,68)(H,69,70,71)(H,72,73,74)(H,75,76,77)(H,78,79,80)(H,81,82,83)(H,84,85,86). The molecule has 4 amide bonds. The number of carbonyl (C=O) groups is 3. The lowest BCUT2D eigenvalue weighted by Crippen LogP contribution is -2.22. The second-order valence-corrected chi connectivity index (χ2v) is 34.4. The minimum Gasteiger partial charge on any atom is -0.322 e. The van der Waals surface area contributed by atoms with Crippen LogP contribution in [0.2, 0.25) is 0 Å². The molecule has 0 fully saturated rings. The third kappa shape index (κ3) is 16.2. The number of fused-ring (bicyclic) bond motifs is 2. The number of benzene rings is 8. The maximum Gasteiger partial charge on any atom is 0.323 e. The van der Waals surface area contributed by atoms with Gasteiger partial charge in [0.05, 0.1) is 51.9 Å². The van der Waals surface area contributed by atoms with Crippen LogP contribution in [0.25, 0.3) is 21.5 Å². The molecule has 512 valence electrons. The molecule has 0 aromatic heterocycles. The number of anilines is 6. The number of sulfonamides is 2. The van der Waals surface area contributed by atoms with Crippen LogP contribution in [0.1, 0.15) is 31.8 Å². The van der Waals surface area contributed by atoms with Gasteiger partial charge < -0.3 is 21.3 Å². The van der Waals surface area contributed by atoms with Crippen LogP contribution in [-0.2, 0) is 101 Å². The van der Waals surface area contributed by atoms with Gasteiger partial charge in [0.25, 0.3) is 113 Å². The van der Waals surface area contributed by atoms with Gasteiger partial charge in [0.15, 0.2) is 0 Å². The number of amides is 4. The van der Waals surface area contributed by atoms with Crippen molar-refractivity contribution in [3.63, 3.8) is 0 Å². The Labute approximate surface area is 542 Å². The molecule has 0 heterocycles. The van der Waals surface area contributed by atoms with Gasteiger partial charge in [-0.1, -0.05) is 12.1 Å². The predicted molar refractivity (Wildman–Crippen MR) is 332 cm³/mol. The maximum atomic E-state index is 14.0. The topological polar surface area (TPSA) is 627 Å². The normalized spacial score (nSPS) is 13.0. The minimum atomic E-state index is -5.57. The molecule has 0 aliphatic heterocycles. The summed E-state index contributed by atoms with van der Waals surface area (Å²) in [6.45, 7) is 2.34. The summed E-state index contributed by atoms with van der Waals surface area (Å²) in [6.07, 6.45) is 0. The molecular formula is C49H40N6O31S10. The highest BCUT2D eigenvalue weighted by Gasteiger charge is 2.32. The molecule has 0 bridgehead atoms. The molecule has 14 N–H and O–H groups in total. The number of rotatable bonds is 20. The molecule has 0 radical (unpaired) electrons. The van der Waals surface area contributed by atoms with Gasteiger partial charge in [0.1, 0.15) is 19.6 Å². The summed E-state index contributed by atoms with van der Waals surface area (Å²) < 4.78 is 337. The fourth-order valence-corrected chi connectivity index (χ4v) is 17.0. The zero-order valence-electron chi connectivity index (χ0n) is 47.1. The van der Waals surface area contributed by atoms with E-state index >= 15 is 0 Å². The van der Waals surface area contributed by atoms with Crippen molar-refractivity contribution in [3.05, 3.63) is 144 Å². The quantitative estimate of drug-likeness (QED) is 0.0472. The first-order valence-corrected chi connectivity index (χ1v) is 39.4. The molecule has 0 saturated heterocycles. The van der Waals surface area contributed by atoms with Crippen LogP contribution in [0.5, 0.6) is 0 Å². The van der Waals surface area contributed by atoms with Gasteiger partial charge in [0, 0.05) is 33.5 Å². The van der Waals surface area contributed by atoms with E-state index in [0.717, 1.165) is 48.5 Å². The second kappa shape index (κ2) is 25.0. The molecule has 0 atom stereocenters. The summed E-state index contributed by atoms with van der Waals surface area (Å²) in [4.78, 5) is 29.0. The first-order chi connectivity index (χ1) is 43.6. The van der Waals surface area contributed by atoms with Gasteiger partial charge in [-0.05, 0) is 145 Å². The number of nitrogens with one attached hydrogen (secondary N) is 6. The summed E-state index contributed by atoms with van der Waals surface area (Å²) in [7, 11) is -53.8. The van der Waals surface area contributed by atoms with Gasteiger partial charge in [0.2, 0.25) is 0 Å². The average Bonchev–Trinajstić information content (AvgIpc) is 0.751. The lowest BCUT2D eigenvalue weighted by atomic mass is 10.1. The van der Waals surface area contributed by atoms with Crippen molar-refractivity contribution in [2.75, 3.05) is 30.7 Å². The molecule has 8 rings (SSSR count). The van der Waals surface area contributed by atoms with Gasteiger partial charge in [-0.2, -0.15) is 67.3 Å². The SMILES string of the molecule is Cc1ccc(NC(=O)c2ccc(NC(=O)Nc3ccc(C(=O)Nc4ccc(C)c(S(=O)(=O)Nc5cc(S(=O)(=O)O)cc6cc(S(=O)(=O)O)cc(S(=O)(=O)O)c56)c4)c(S(=O)(=O)O)c3)cc2S(=O)(=O)O)cc1S(=O)(=O)Nc1cc(S(=O)(=O)O)cc2cc(S(=O)(=O)O)cc(S(=O)(=O)O)c12. The fourth-order valence-electron chi connectivity index (χ4n) is 9.03. The van der Waals surface area contributed by atoms with Crippen molar-refractivity contribution >= 4 is 175 Å². The van der Waals surface area contributed by atoms with Crippen molar-refractivity contribution in [3.8, 4) is 0 Å². The molecule has 96 heavy (non-hydrogen) atoms. The summed E-state index contributed by atoms with van der Waals surface area (Å²) in [5, 5.41) is 5.11. The van der Waals surface area contributed by atoms with E-state index in [1.165, 1.54) is 13.8 Å². The first kappa shape index (κ1) is 73.1. The van der Waals surface area contributed by atoms with Gasteiger partial charge in [-0.15, -0.1) is 0 Å². The van der Waals surface area contributed by atoms with Crippen LogP contribution < -0.4 is 30.7 Å². The van der Waals surface area contributed by atoms with Gasteiger partial charge in [-0.3, -0.25) is 55.5 Å². The van der Waals surface area contributed by atoms with Crippen LogP contribution in [0.4, 0.5) is 38.9 Å². The van der Waals surface area contributed by atoms with Crippen molar-refractivity contribution in [2.45, 2.75) is 62.8 Å². The third-order valence-corrected chi connectivity index (χ3v) is 23.0. The summed E-state index contributed by atoms with van der Waals surface area (Å²) in [6, 6.07) is 11.5. The fraction of sp³-hybridized carbons (Fsp3) is 0.0408. The van der Waals surface area contributed by atoms with E-state index < -0.39 is 235 Å².